The van der Waals surface area contributed by atoms with Gasteiger partial charge in [0.2, 0.25) is 0 Å². The third-order valence-electron chi connectivity index (χ3n) is 4.98. The zero-order valence-electron chi connectivity index (χ0n) is 17.4. The lowest BCUT2D eigenvalue weighted by atomic mass is 9.98. The number of halogens is 3. The Morgan fingerprint density at radius 3 is 2.11 bits per heavy atom. The SMILES string of the molecule is CN=C(NCCN(C(C)C)C(C)C)NCC1CCN(S(=O)(=O)C(F)(F)F)CC1. The fourth-order valence-corrected chi connectivity index (χ4v) is 4.36. The van der Waals surface area contributed by atoms with E-state index in [0.717, 1.165) is 13.1 Å². The van der Waals surface area contributed by atoms with E-state index in [9.17, 15) is 21.6 Å². The van der Waals surface area contributed by atoms with E-state index in [1.165, 1.54) is 0 Å². The molecule has 166 valence electrons. The van der Waals surface area contributed by atoms with Crippen molar-refractivity contribution in [3.8, 4) is 0 Å². The van der Waals surface area contributed by atoms with Crippen LogP contribution < -0.4 is 10.6 Å². The number of nitrogens with one attached hydrogen (secondary N) is 2. The molecule has 0 aromatic carbocycles. The van der Waals surface area contributed by atoms with E-state index in [0.29, 0.717) is 41.7 Å². The number of sulfonamides is 1. The van der Waals surface area contributed by atoms with Crippen molar-refractivity contribution in [2.24, 2.45) is 10.9 Å². The Kier molecular flexibility index (Phi) is 9.48. The number of nitrogens with zero attached hydrogens (tertiary/aromatic N) is 3. The molecule has 1 heterocycles. The molecule has 0 amide bonds. The maximum Gasteiger partial charge on any atom is 0.511 e. The average molecular weight is 430 g/mol. The average Bonchev–Trinajstić information content (AvgIpc) is 2.59. The van der Waals surface area contributed by atoms with Crippen LogP contribution in [-0.2, 0) is 10.0 Å². The third-order valence-corrected chi connectivity index (χ3v) is 6.61. The van der Waals surface area contributed by atoms with Crippen LogP contribution in [0.4, 0.5) is 13.2 Å². The van der Waals surface area contributed by atoms with Gasteiger partial charge in [0, 0.05) is 51.9 Å². The van der Waals surface area contributed by atoms with E-state index in [4.69, 9.17) is 0 Å². The van der Waals surface area contributed by atoms with Crippen molar-refractivity contribution < 1.29 is 21.6 Å². The van der Waals surface area contributed by atoms with E-state index in [2.05, 4.69) is 48.2 Å². The van der Waals surface area contributed by atoms with Crippen LogP contribution in [0.1, 0.15) is 40.5 Å². The maximum atomic E-state index is 12.6. The summed E-state index contributed by atoms with van der Waals surface area (Å²) >= 11 is 0. The number of guanidine groups is 1. The van der Waals surface area contributed by atoms with Crippen LogP contribution in [0.5, 0.6) is 0 Å². The first-order valence-corrected chi connectivity index (χ1v) is 11.1. The molecule has 1 rings (SSSR count). The van der Waals surface area contributed by atoms with Crippen LogP contribution in [-0.4, -0.2) is 80.9 Å². The van der Waals surface area contributed by atoms with Gasteiger partial charge in [0.05, 0.1) is 0 Å². The predicted octanol–water partition coefficient (Wildman–Crippen LogP) is 1.83. The highest BCUT2D eigenvalue weighted by atomic mass is 32.2. The number of hydrogen-bond donors (Lipinski definition) is 2. The summed E-state index contributed by atoms with van der Waals surface area (Å²) in [5.74, 6) is 0.735. The first-order valence-electron chi connectivity index (χ1n) is 9.66. The van der Waals surface area contributed by atoms with E-state index in [1.54, 1.807) is 7.05 Å². The van der Waals surface area contributed by atoms with E-state index in [1.807, 2.05) is 0 Å². The lowest BCUT2D eigenvalue weighted by Crippen LogP contribution is -2.48. The Morgan fingerprint density at radius 1 is 1.14 bits per heavy atom. The van der Waals surface area contributed by atoms with Crippen LogP contribution in [0.3, 0.4) is 0 Å². The Hall–Kier alpha value is -1.07. The molecule has 0 unspecified atom stereocenters. The number of alkyl halides is 3. The summed E-state index contributed by atoms with van der Waals surface area (Å²) < 4.78 is 61.3. The summed E-state index contributed by atoms with van der Waals surface area (Å²) in [6.07, 6.45) is 0.765. The highest BCUT2D eigenvalue weighted by molar-refractivity contribution is 7.90. The zero-order chi connectivity index (χ0) is 21.5. The quantitative estimate of drug-likeness (QED) is 0.455. The molecule has 2 N–H and O–H groups in total. The van der Waals surface area contributed by atoms with Crippen LogP contribution in [0.15, 0.2) is 4.99 Å². The van der Waals surface area contributed by atoms with Gasteiger partial charge in [-0.1, -0.05) is 0 Å². The summed E-state index contributed by atoms with van der Waals surface area (Å²) in [6, 6.07) is 0.880. The van der Waals surface area contributed by atoms with Gasteiger partial charge in [-0.2, -0.15) is 17.5 Å². The molecule has 7 nitrogen and oxygen atoms in total. The van der Waals surface area contributed by atoms with Gasteiger partial charge in [-0.3, -0.25) is 9.89 Å². The fraction of sp³-hybridized carbons (Fsp3) is 0.941. The molecule has 0 radical (unpaired) electrons. The minimum atomic E-state index is -5.23. The minimum Gasteiger partial charge on any atom is -0.356 e. The standard InChI is InChI=1S/C17H34F3N5O2S/c1-13(2)25(14(3)4)11-8-22-16(21-5)23-12-15-6-9-24(10-7-15)28(26,27)17(18,19)20/h13-15H,6-12H2,1-5H3,(H2,21,22,23). The monoisotopic (exact) mass is 429 g/mol. The number of piperidine rings is 1. The molecule has 1 fully saturated rings. The molecule has 11 heteroatoms. The Morgan fingerprint density at radius 2 is 1.68 bits per heavy atom. The summed E-state index contributed by atoms with van der Waals surface area (Å²) in [4.78, 5) is 6.52. The smallest absolute Gasteiger partial charge is 0.356 e. The molecule has 28 heavy (non-hydrogen) atoms. The molecule has 0 saturated carbocycles. The number of hydrogen-bond acceptors (Lipinski definition) is 4. The first-order chi connectivity index (χ1) is 12.9. The molecule has 1 aliphatic heterocycles. The van der Waals surface area contributed by atoms with E-state index < -0.39 is 15.5 Å². The van der Waals surface area contributed by atoms with Gasteiger partial charge in [-0.25, -0.2) is 8.42 Å². The molecular formula is C17H34F3N5O2S. The zero-order valence-corrected chi connectivity index (χ0v) is 18.2. The van der Waals surface area contributed by atoms with Gasteiger partial charge >= 0.3 is 15.5 Å². The normalized spacial score (nSPS) is 18.3. The van der Waals surface area contributed by atoms with Crippen LogP contribution in [0.25, 0.3) is 0 Å². The summed E-state index contributed by atoms with van der Waals surface area (Å²) in [6.45, 7) is 10.5. The van der Waals surface area contributed by atoms with Crippen LogP contribution in [0, 0.1) is 5.92 Å². The molecule has 1 saturated heterocycles. The van der Waals surface area contributed by atoms with Gasteiger partial charge in [-0.05, 0) is 46.5 Å². The number of rotatable bonds is 8. The van der Waals surface area contributed by atoms with Gasteiger partial charge in [0.25, 0.3) is 0 Å². The lowest BCUT2D eigenvalue weighted by molar-refractivity contribution is -0.0496. The minimum absolute atomic E-state index is 0.0982. The number of aliphatic imine (C=N–C) groups is 1. The second-order valence-electron chi connectivity index (χ2n) is 7.60. The second-order valence-corrected chi connectivity index (χ2v) is 9.53. The van der Waals surface area contributed by atoms with Gasteiger partial charge in [0.15, 0.2) is 5.96 Å². The predicted molar refractivity (Wildman–Crippen MR) is 106 cm³/mol. The largest absolute Gasteiger partial charge is 0.511 e. The van der Waals surface area contributed by atoms with Gasteiger partial charge < -0.3 is 10.6 Å². The molecule has 0 aliphatic carbocycles. The molecule has 0 spiro atoms. The first kappa shape index (κ1) is 25.0. The van der Waals surface area contributed by atoms with Gasteiger partial charge in [-0.15, -0.1) is 0 Å². The van der Waals surface area contributed by atoms with Crippen molar-refractivity contribution >= 4 is 16.0 Å². The van der Waals surface area contributed by atoms with Crippen molar-refractivity contribution in [3.05, 3.63) is 0 Å². The molecule has 0 aromatic heterocycles. The van der Waals surface area contributed by atoms with Crippen molar-refractivity contribution in [3.63, 3.8) is 0 Å². The summed E-state index contributed by atoms with van der Waals surface area (Å²) in [7, 11) is -3.56. The van der Waals surface area contributed by atoms with Crippen molar-refractivity contribution in [2.75, 3.05) is 39.8 Å². The molecule has 0 aromatic rings. The third kappa shape index (κ3) is 7.07. The Labute approximate surface area is 166 Å². The topological polar surface area (TPSA) is 77.0 Å². The Bertz CT molecular complexity index is 592. The summed E-state index contributed by atoms with van der Waals surface area (Å²) in [5, 5.41) is 6.43. The van der Waals surface area contributed by atoms with Crippen LogP contribution in [0.2, 0.25) is 0 Å². The molecule has 1 aliphatic rings. The highest BCUT2D eigenvalue weighted by Crippen LogP contribution is 2.30. The molecule has 0 atom stereocenters. The van der Waals surface area contributed by atoms with Crippen LogP contribution >= 0.6 is 0 Å². The van der Waals surface area contributed by atoms with E-state index in [-0.39, 0.29) is 19.0 Å². The molecular weight excluding hydrogens is 395 g/mol. The van der Waals surface area contributed by atoms with E-state index >= 15 is 0 Å². The maximum absolute atomic E-state index is 12.6. The summed E-state index contributed by atoms with van der Waals surface area (Å²) in [5.41, 5.74) is -5.23. The van der Waals surface area contributed by atoms with Crippen molar-refractivity contribution in [2.45, 2.75) is 58.1 Å². The molecule has 0 bridgehead atoms. The fourth-order valence-electron chi connectivity index (χ4n) is 3.38. The lowest BCUT2D eigenvalue weighted by Gasteiger charge is -2.32. The van der Waals surface area contributed by atoms with Gasteiger partial charge in [0.1, 0.15) is 0 Å². The second kappa shape index (κ2) is 10.6. The highest BCUT2D eigenvalue weighted by Gasteiger charge is 2.50. The van der Waals surface area contributed by atoms with Crippen molar-refractivity contribution in [1.82, 2.24) is 19.8 Å². The Balaban J connectivity index is 2.40. The van der Waals surface area contributed by atoms with Crippen molar-refractivity contribution in [1.29, 1.82) is 0 Å².